The van der Waals surface area contributed by atoms with Crippen LogP contribution in [0.3, 0.4) is 0 Å². The fourth-order valence-corrected chi connectivity index (χ4v) is 4.22. The van der Waals surface area contributed by atoms with Crippen LogP contribution in [0.5, 0.6) is 0 Å². The molecule has 0 saturated carbocycles. The van der Waals surface area contributed by atoms with Crippen molar-refractivity contribution in [2.24, 2.45) is 0 Å². The smallest absolute Gasteiger partial charge is 0.0928 e. The summed E-state index contributed by atoms with van der Waals surface area (Å²) in [5, 5.41) is 15.4. The van der Waals surface area contributed by atoms with E-state index in [4.69, 9.17) is 9.72 Å². The van der Waals surface area contributed by atoms with E-state index in [2.05, 4.69) is 12.2 Å². The van der Waals surface area contributed by atoms with Crippen molar-refractivity contribution in [2.75, 3.05) is 19.8 Å². The van der Waals surface area contributed by atoms with Crippen molar-refractivity contribution in [3.05, 3.63) is 15.6 Å². The van der Waals surface area contributed by atoms with Crippen LogP contribution in [0.1, 0.15) is 54.2 Å². The third kappa shape index (κ3) is 3.06. The van der Waals surface area contributed by atoms with Gasteiger partial charge in [0, 0.05) is 43.5 Å². The van der Waals surface area contributed by atoms with Gasteiger partial charge < -0.3 is 15.2 Å². The number of thiazole rings is 1. The number of rotatable bonds is 4. The van der Waals surface area contributed by atoms with E-state index >= 15 is 0 Å². The van der Waals surface area contributed by atoms with Crippen LogP contribution in [0, 0.1) is 0 Å². The van der Waals surface area contributed by atoms with Gasteiger partial charge in [0.05, 0.1) is 16.3 Å². The molecule has 1 atom stereocenters. The van der Waals surface area contributed by atoms with Crippen LogP contribution in [-0.4, -0.2) is 35.5 Å². The first-order chi connectivity index (χ1) is 9.70. The standard InChI is InChI=1S/C15H24N2O2S/c1-2-13-17-12-5-3-4-11(14(12)20-13)16-10-15(18)6-8-19-9-7-15/h11,16,18H,2-10H2,1H3. The summed E-state index contributed by atoms with van der Waals surface area (Å²) in [5.74, 6) is 0. The molecule has 1 unspecified atom stereocenters. The summed E-state index contributed by atoms with van der Waals surface area (Å²) in [6.45, 7) is 4.18. The van der Waals surface area contributed by atoms with E-state index in [9.17, 15) is 5.11 Å². The minimum Gasteiger partial charge on any atom is -0.388 e. The van der Waals surface area contributed by atoms with Crippen molar-refractivity contribution in [3.63, 3.8) is 0 Å². The molecule has 2 heterocycles. The molecule has 0 amide bonds. The Balaban J connectivity index is 1.65. The van der Waals surface area contributed by atoms with Crippen LogP contribution in [0.2, 0.25) is 0 Å². The maximum absolute atomic E-state index is 10.5. The van der Waals surface area contributed by atoms with E-state index in [1.807, 2.05) is 11.3 Å². The first kappa shape index (κ1) is 14.4. The second-order valence-corrected chi connectivity index (χ2v) is 7.05. The van der Waals surface area contributed by atoms with Crippen molar-refractivity contribution < 1.29 is 9.84 Å². The Hall–Kier alpha value is -0.490. The molecule has 1 aliphatic heterocycles. The van der Waals surface area contributed by atoms with Crippen LogP contribution in [0.25, 0.3) is 0 Å². The summed E-state index contributed by atoms with van der Waals surface area (Å²) in [6, 6.07) is 0.378. The fourth-order valence-electron chi connectivity index (χ4n) is 3.06. The number of nitrogens with one attached hydrogen (secondary N) is 1. The summed E-state index contributed by atoms with van der Waals surface area (Å²) >= 11 is 1.85. The summed E-state index contributed by atoms with van der Waals surface area (Å²) in [6.07, 6.45) is 5.96. The van der Waals surface area contributed by atoms with Gasteiger partial charge in [0.25, 0.3) is 0 Å². The van der Waals surface area contributed by atoms with Gasteiger partial charge in [0.2, 0.25) is 0 Å². The molecular weight excluding hydrogens is 272 g/mol. The average Bonchev–Trinajstić information content (AvgIpc) is 2.89. The second kappa shape index (κ2) is 6.10. The largest absolute Gasteiger partial charge is 0.388 e. The van der Waals surface area contributed by atoms with Crippen LogP contribution in [0.15, 0.2) is 0 Å². The Morgan fingerprint density at radius 1 is 1.45 bits per heavy atom. The summed E-state index contributed by atoms with van der Waals surface area (Å²) < 4.78 is 5.34. The van der Waals surface area contributed by atoms with Gasteiger partial charge in [-0.05, 0) is 25.7 Å². The molecule has 1 aromatic rings. The summed E-state index contributed by atoms with van der Waals surface area (Å²) in [4.78, 5) is 6.13. The molecule has 0 aromatic carbocycles. The number of aromatic nitrogens is 1. The summed E-state index contributed by atoms with van der Waals surface area (Å²) in [5.41, 5.74) is 0.697. The third-order valence-corrected chi connectivity index (χ3v) is 5.75. The number of aryl methyl sites for hydroxylation is 2. The zero-order valence-corrected chi connectivity index (χ0v) is 13.0. The summed E-state index contributed by atoms with van der Waals surface area (Å²) in [7, 11) is 0. The monoisotopic (exact) mass is 296 g/mol. The fraction of sp³-hybridized carbons (Fsp3) is 0.800. The maximum Gasteiger partial charge on any atom is 0.0928 e. The zero-order valence-electron chi connectivity index (χ0n) is 12.2. The maximum atomic E-state index is 10.5. The zero-order chi connectivity index (χ0) is 14.0. The Labute approximate surface area is 124 Å². The van der Waals surface area contributed by atoms with E-state index in [1.165, 1.54) is 22.0 Å². The van der Waals surface area contributed by atoms with Crippen molar-refractivity contribution in [1.82, 2.24) is 10.3 Å². The number of nitrogens with zero attached hydrogens (tertiary/aromatic N) is 1. The highest BCUT2D eigenvalue weighted by Gasteiger charge is 2.32. The predicted octanol–water partition coefficient (Wildman–Crippen LogP) is 2.21. The van der Waals surface area contributed by atoms with Crippen LogP contribution >= 0.6 is 11.3 Å². The molecule has 4 nitrogen and oxygen atoms in total. The molecule has 1 fully saturated rings. The topological polar surface area (TPSA) is 54.4 Å². The van der Waals surface area contributed by atoms with Gasteiger partial charge in [-0.1, -0.05) is 6.92 Å². The van der Waals surface area contributed by atoms with Gasteiger partial charge in [0.1, 0.15) is 0 Å². The molecule has 2 aliphatic rings. The quantitative estimate of drug-likeness (QED) is 0.894. The number of ether oxygens (including phenoxy) is 1. The molecular formula is C15H24N2O2S. The molecule has 0 radical (unpaired) electrons. The minimum absolute atomic E-state index is 0.378. The highest BCUT2D eigenvalue weighted by molar-refractivity contribution is 7.11. The molecule has 0 spiro atoms. The molecule has 5 heteroatoms. The van der Waals surface area contributed by atoms with Crippen molar-refractivity contribution >= 4 is 11.3 Å². The lowest BCUT2D eigenvalue weighted by Gasteiger charge is -2.34. The third-order valence-electron chi connectivity index (χ3n) is 4.40. The second-order valence-electron chi connectivity index (χ2n) is 5.93. The van der Waals surface area contributed by atoms with E-state index in [0.717, 1.165) is 32.1 Å². The van der Waals surface area contributed by atoms with Crippen LogP contribution in [-0.2, 0) is 17.6 Å². The SMILES string of the molecule is CCc1nc2c(s1)C(NCC1(O)CCOCC1)CCC2. The molecule has 1 aromatic heterocycles. The first-order valence-corrected chi connectivity index (χ1v) is 8.54. The van der Waals surface area contributed by atoms with E-state index in [-0.39, 0.29) is 0 Å². The highest BCUT2D eigenvalue weighted by atomic mass is 32.1. The highest BCUT2D eigenvalue weighted by Crippen LogP contribution is 2.35. The van der Waals surface area contributed by atoms with E-state index in [0.29, 0.717) is 25.8 Å². The van der Waals surface area contributed by atoms with E-state index in [1.54, 1.807) is 0 Å². The van der Waals surface area contributed by atoms with Crippen molar-refractivity contribution in [3.8, 4) is 0 Å². The molecule has 20 heavy (non-hydrogen) atoms. The molecule has 1 saturated heterocycles. The Kier molecular flexibility index (Phi) is 4.40. The van der Waals surface area contributed by atoms with Gasteiger partial charge in [0.15, 0.2) is 0 Å². The average molecular weight is 296 g/mol. The molecule has 112 valence electrons. The number of fused-ring (bicyclic) bond motifs is 1. The lowest BCUT2D eigenvalue weighted by atomic mass is 9.92. The van der Waals surface area contributed by atoms with Gasteiger partial charge in [-0.25, -0.2) is 4.98 Å². The molecule has 1 aliphatic carbocycles. The first-order valence-electron chi connectivity index (χ1n) is 7.72. The van der Waals surface area contributed by atoms with Crippen molar-refractivity contribution in [1.29, 1.82) is 0 Å². The number of hydrogen-bond acceptors (Lipinski definition) is 5. The Bertz CT molecular complexity index is 455. The molecule has 2 N–H and O–H groups in total. The normalized spacial score (nSPS) is 25.4. The Morgan fingerprint density at radius 2 is 2.25 bits per heavy atom. The van der Waals surface area contributed by atoms with Gasteiger partial charge in [-0.2, -0.15) is 0 Å². The van der Waals surface area contributed by atoms with Crippen LogP contribution < -0.4 is 5.32 Å². The minimum atomic E-state index is -0.589. The lowest BCUT2D eigenvalue weighted by molar-refractivity contribution is -0.0629. The van der Waals surface area contributed by atoms with Gasteiger partial charge in [-0.3, -0.25) is 0 Å². The van der Waals surface area contributed by atoms with Crippen LogP contribution in [0.4, 0.5) is 0 Å². The lowest BCUT2D eigenvalue weighted by Crippen LogP contribution is -2.46. The number of aliphatic hydroxyl groups is 1. The van der Waals surface area contributed by atoms with Gasteiger partial charge in [-0.15, -0.1) is 11.3 Å². The number of hydrogen-bond donors (Lipinski definition) is 2. The van der Waals surface area contributed by atoms with Gasteiger partial charge >= 0.3 is 0 Å². The molecule has 0 bridgehead atoms. The predicted molar refractivity (Wildman–Crippen MR) is 80.2 cm³/mol. The molecule has 3 rings (SSSR count). The Morgan fingerprint density at radius 3 is 3.00 bits per heavy atom. The van der Waals surface area contributed by atoms with Crippen molar-refractivity contribution in [2.45, 2.75) is 57.1 Å². The van der Waals surface area contributed by atoms with E-state index < -0.39 is 5.60 Å².